The molecule has 0 radical (unpaired) electrons. The quantitative estimate of drug-likeness (QED) is 0.689. The van der Waals surface area contributed by atoms with E-state index in [1.807, 2.05) is 43.3 Å². The minimum absolute atomic E-state index is 0.0418. The Hall–Kier alpha value is -2.44. The van der Waals surface area contributed by atoms with E-state index < -0.39 is 0 Å². The first-order chi connectivity index (χ1) is 12.5. The van der Waals surface area contributed by atoms with Crippen molar-refractivity contribution in [1.29, 1.82) is 0 Å². The van der Waals surface area contributed by atoms with Crippen molar-refractivity contribution in [3.63, 3.8) is 0 Å². The van der Waals surface area contributed by atoms with Crippen molar-refractivity contribution < 1.29 is 9.90 Å². The zero-order chi connectivity index (χ0) is 18.3. The molecule has 0 aliphatic carbocycles. The Morgan fingerprint density at radius 1 is 1.27 bits per heavy atom. The van der Waals surface area contributed by atoms with Crippen LogP contribution < -0.4 is 5.32 Å². The van der Waals surface area contributed by atoms with Crippen molar-refractivity contribution in [3.05, 3.63) is 70.4 Å². The SMILES string of the molecule is Cc1nn(-c2ccccc2)c2c1C(c1ccc(O)c(Cl)c1)SCC(=O)N2. The van der Waals surface area contributed by atoms with Crippen molar-refractivity contribution in [3.8, 4) is 11.4 Å². The molecule has 132 valence electrons. The van der Waals surface area contributed by atoms with Gasteiger partial charge in [0.1, 0.15) is 11.6 Å². The molecule has 1 unspecified atom stereocenters. The molecule has 2 aromatic carbocycles. The first-order valence-electron chi connectivity index (χ1n) is 8.09. The standard InChI is InChI=1S/C19H16ClN3O2S/c1-11-17-18(12-7-8-15(24)14(20)9-12)26-10-16(25)21-19(17)23(22-11)13-5-3-2-4-6-13/h2-9,18,24H,10H2,1H3,(H,21,25). The molecule has 1 amide bonds. The summed E-state index contributed by atoms with van der Waals surface area (Å²) in [6, 6.07) is 14.9. The lowest BCUT2D eigenvalue weighted by Crippen LogP contribution is -2.15. The topological polar surface area (TPSA) is 67.1 Å². The second kappa shape index (κ2) is 6.70. The number of anilines is 1. The van der Waals surface area contributed by atoms with Gasteiger partial charge in [-0.3, -0.25) is 4.79 Å². The number of fused-ring (bicyclic) bond motifs is 1. The lowest BCUT2D eigenvalue weighted by atomic mass is 10.0. The molecule has 0 saturated carbocycles. The highest BCUT2D eigenvalue weighted by Gasteiger charge is 2.30. The van der Waals surface area contributed by atoms with Gasteiger partial charge in [0.25, 0.3) is 0 Å². The molecule has 3 aromatic rings. The van der Waals surface area contributed by atoms with E-state index in [4.69, 9.17) is 11.6 Å². The van der Waals surface area contributed by atoms with E-state index in [9.17, 15) is 9.90 Å². The van der Waals surface area contributed by atoms with Gasteiger partial charge in [-0.25, -0.2) is 4.68 Å². The fourth-order valence-electron chi connectivity index (χ4n) is 3.09. The van der Waals surface area contributed by atoms with Gasteiger partial charge in [-0.15, -0.1) is 11.8 Å². The largest absolute Gasteiger partial charge is 0.506 e. The van der Waals surface area contributed by atoms with E-state index >= 15 is 0 Å². The van der Waals surface area contributed by atoms with Gasteiger partial charge in [0.05, 0.1) is 27.4 Å². The summed E-state index contributed by atoms with van der Waals surface area (Å²) in [7, 11) is 0. The van der Waals surface area contributed by atoms with Crippen LogP contribution >= 0.6 is 23.4 Å². The summed E-state index contributed by atoms with van der Waals surface area (Å²) >= 11 is 7.63. The summed E-state index contributed by atoms with van der Waals surface area (Å²) in [6.07, 6.45) is 0. The van der Waals surface area contributed by atoms with Crippen LogP contribution in [0.4, 0.5) is 5.82 Å². The van der Waals surface area contributed by atoms with Crippen LogP contribution in [0.3, 0.4) is 0 Å². The maximum Gasteiger partial charge on any atom is 0.235 e. The van der Waals surface area contributed by atoms with Gasteiger partial charge in [0, 0.05) is 5.56 Å². The molecule has 1 aliphatic rings. The molecule has 4 rings (SSSR count). The molecule has 7 heteroatoms. The lowest BCUT2D eigenvalue weighted by Gasteiger charge is -2.16. The van der Waals surface area contributed by atoms with E-state index in [1.165, 1.54) is 11.8 Å². The number of para-hydroxylation sites is 1. The van der Waals surface area contributed by atoms with Gasteiger partial charge in [0.15, 0.2) is 0 Å². The number of phenols is 1. The van der Waals surface area contributed by atoms with Gasteiger partial charge in [-0.2, -0.15) is 5.10 Å². The van der Waals surface area contributed by atoms with Gasteiger partial charge >= 0.3 is 0 Å². The Morgan fingerprint density at radius 3 is 2.77 bits per heavy atom. The zero-order valence-electron chi connectivity index (χ0n) is 13.9. The van der Waals surface area contributed by atoms with Crippen LogP contribution in [0.2, 0.25) is 5.02 Å². The van der Waals surface area contributed by atoms with E-state index in [1.54, 1.807) is 16.8 Å². The van der Waals surface area contributed by atoms with Crippen LogP contribution in [0, 0.1) is 6.92 Å². The number of nitrogens with one attached hydrogen (secondary N) is 1. The number of rotatable bonds is 2. The monoisotopic (exact) mass is 385 g/mol. The predicted octanol–water partition coefficient (Wildman–Crippen LogP) is 4.31. The number of phenolic OH excluding ortho intramolecular Hbond substituents is 1. The van der Waals surface area contributed by atoms with Crippen molar-refractivity contribution in [2.45, 2.75) is 12.2 Å². The van der Waals surface area contributed by atoms with Gasteiger partial charge in [-0.05, 0) is 36.8 Å². The number of amides is 1. The molecule has 1 atom stereocenters. The van der Waals surface area contributed by atoms with Gasteiger partial charge in [0.2, 0.25) is 5.91 Å². The molecule has 2 N–H and O–H groups in total. The highest BCUT2D eigenvalue weighted by atomic mass is 35.5. The number of carbonyl (C=O) groups is 1. The van der Waals surface area contributed by atoms with Crippen LogP contribution in [-0.2, 0) is 4.79 Å². The number of aromatic nitrogens is 2. The first kappa shape index (κ1) is 17.0. The molecule has 0 saturated heterocycles. The minimum atomic E-state index is -0.112. The second-order valence-corrected chi connectivity index (χ2v) is 7.55. The number of hydrogen-bond donors (Lipinski definition) is 2. The first-order valence-corrected chi connectivity index (χ1v) is 9.52. The molecule has 1 aromatic heterocycles. The molecule has 5 nitrogen and oxygen atoms in total. The molecule has 2 heterocycles. The summed E-state index contributed by atoms with van der Waals surface area (Å²) in [5.41, 5.74) is 3.59. The average molecular weight is 386 g/mol. The number of aryl methyl sites for hydroxylation is 1. The Balaban J connectivity index is 1.89. The fraction of sp³-hybridized carbons (Fsp3) is 0.158. The Kier molecular flexibility index (Phi) is 4.38. The molecular formula is C19H16ClN3O2S. The number of benzene rings is 2. The van der Waals surface area contributed by atoms with E-state index in [-0.39, 0.29) is 16.9 Å². The third-order valence-electron chi connectivity index (χ3n) is 4.28. The molecule has 0 spiro atoms. The minimum Gasteiger partial charge on any atom is -0.506 e. The summed E-state index contributed by atoms with van der Waals surface area (Å²) in [4.78, 5) is 12.3. The number of nitrogens with zero attached hydrogens (tertiary/aromatic N) is 2. The summed E-state index contributed by atoms with van der Waals surface area (Å²) in [5, 5.41) is 17.6. The summed E-state index contributed by atoms with van der Waals surface area (Å²) in [6.45, 7) is 1.94. The number of carbonyl (C=O) groups excluding carboxylic acids is 1. The van der Waals surface area contributed by atoms with E-state index in [0.29, 0.717) is 16.6 Å². The Labute approximate surface area is 160 Å². The Morgan fingerprint density at radius 2 is 2.04 bits per heavy atom. The predicted molar refractivity (Wildman–Crippen MR) is 104 cm³/mol. The van der Waals surface area contributed by atoms with Gasteiger partial charge in [-0.1, -0.05) is 35.9 Å². The highest BCUT2D eigenvalue weighted by molar-refractivity contribution is 8.00. The number of halogens is 1. The van der Waals surface area contributed by atoms with E-state index in [0.717, 1.165) is 22.5 Å². The average Bonchev–Trinajstić information content (AvgIpc) is 2.84. The molecule has 0 bridgehead atoms. The smallest absolute Gasteiger partial charge is 0.235 e. The summed E-state index contributed by atoms with van der Waals surface area (Å²) < 4.78 is 1.77. The van der Waals surface area contributed by atoms with Crippen LogP contribution in [0.25, 0.3) is 5.69 Å². The highest BCUT2D eigenvalue weighted by Crippen LogP contribution is 2.45. The van der Waals surface area contributed by atoms with Crippen LogP contribution in [0.15, 0.2) is 48.5 Å². The number of aromatic hydroxyl groups is 1. The second-order valence-electron chi connectivity index (χ2n) is 6.05. The van der Waals surface area contributed by atoms with Crippen LogP contribution in [0.5, 0.6) is 5.75 Å². The van der Waals surface area contributed by atoms with Crippen molar-refractivity contribution in [1.82, 2.24) is 9.78 Å². The zero-order valence-corrected chi connectivity index (χ0v) is 15.5. The fourth-order valence-corrected chi connectivity index (χ4v) is 4.46. The molecule has 26 heavy (non-hydrogen) atoms. The lowest BCUT2D eigenvalue weighted by molar-refractivity contribution is -0.113. The Bertz CT molecular complexity index is 988. The van der Waals surface area contributed by atoms with Gasteiger partial charge < -0.3 is 10.4 Å². The van der Waals surface area contributed by atoms with Crippen molar-refractivity contribution in [2.24, 2.45) is 0 Å². The summed E-state index contributed by atoms with van der Waals surface area (Å²) in [5.74, 6) is 0.977. The molecular weight excluding hydrogens is 370 g/mol. The normalized spacial score (nSPS) is 16.7. The van der Waals surface area contributed by atoms with E-state index in [2.05, 4.69) is 10.4 Å². The van der Waals surface area contributed by atoms with Crippen molar-refractivity contribution >= 4 is 35.1 Å². The number of hydrogen-bond acceptors (Lipinski definition) is 4. The third-order valence-corrected chi connectivity index (χ3v) is 5.86. The number of thioether (sulfide) groups is 1. The maximum absolute atomic E-state index is 12.3. The van der Waals surface area contributed by atoms with Crippen molar-refractivity contribution in [2.75, 3.05) is 11.1 Å². The van der Waals surface area contributed by atoms with Crippen LogP contribution in [-0.4, -0.2) is 26.5 Å². The maximum atomic E-state index is 12.3. The van der Waals surface area contributed by atoms with Crippen LogP contribution in [0.1, 0.15) is 22.1 Å². The molecule has 1 aliphatic heterocycles. The third kappa shape index (κ3) is 2.95. The molecule has 0 fully saturated rings.